The van der Waals surface area contributed by atoms with Gasteiger partial charge in [-0.15, -0.1) is 0 Å². The monoisotopic (exact) mass is 415 g/mol. The summed E-state index contributed by atoms with van der Waals surface area (Å²) >= 11 is 3.47. The predicted molar refractivity (Wildman–Crippen MR) is 105 cm³/mol. The number of anilines is 1. The molecule has 0 bridgehead atoms. The molecule has 1 aromatic carbocycles. The first-order valence-electron chi connectivity index (χ1n) is 8.49. The molecule has 0 saturated heterocycles. The van der Waals surface area contributed by atoms with E-state index in [1.165, 1.54) is 0 Å². The molecule has 0 spiro atoms. The molecule has 2 heterocycles. The first kappa shape index (κ1) is 18.4. The lowest BCUT2D eigenvalue weighted by atomic mass is 10.1. The number of nitrogens with one attached hydrogen (secondary N) is 1. The van der Waals surface area contributed by atoms with Crippen LogP contribution < -0.4 is 5.32 Å². The average molecular weight is 416 g/mol. The number of aryl methyl sites for hydroxylation is 2. The summed E-state index contributed by atoms with van der Waals surface area (Å²) in [5, 5.41) is 11.7. The fraction of sp³-hybridized carbons (Fsp3) is 0.316. The Labute approximate surface area is 161 Å². The molecule has 0 fully saturated rings. The highest BCUT2D eigenvalue weighted by molar-refractivity contribution is 9.10. The molecule has 6 nitrogen and oxygen atoms in total. The van der Waals surface area contributed by atoms with Gasteiger partial charge < -0.3 is 5.32 Å². The van der Waals surface area contributed by atoms with E-state index >= 15 is 0 Å². The molecule has 3 aromatic rings. The van der Waals surface area contributed by atoms with E-state index in [0.29, 0.717) is 25.2 Å². The SMILES string of the molecule is Cc1nn(C)c(C)c1CCC(=O)Nc1ccnn1Cc1cccc(Br)c1. The second-order valence-electron chi connectivity index (χ2n) is 6.33. The van der Waals surface area contributed by atoms with Gasteiger partial charge in [0.15, 0.2) is 0 Å². The van der Waals surface area contributed by atoms with E-state index < -0.39 is 0 Å². The number of carbonyl (C=O) groups is 1. The van der Waals surface area contributed by atoms with Crippen molar-refractivity contribution in [1.29, 1.82) is 0 Å². The lowest BCUT2D eigenvalue weighted by Crippen LogP contribution is -2.16. The minimum atomic E-state index is -0.0244. The quantitative estimate of drug-likeness (QED) is 0.668. The van der Waals surface area contributed by atoms with Crippen LogP contribution in [0.15, 0.2) is 41.0 Å². The van der Waals surface area contributed by atoms with Crippen LogP contribution in [0, 0.1) is 13.8 Å². The van der Waals surface area contributed by atoms with Gasteiger partial charge in [-0.1, -0.05) is 28.1 Å². The van der Waals surface area contributed by atoms with Crippen LogP contribution in [0.2, 0.25) is 0 Å². The van der Waals surface area contributed by atoms with Crippen molar-refractivity contribution in [3.63, 3.8) is 0 Å². The number of benzene rings is 1. The van der Waals surface area contributed by atoms with Gasteiger partial charge in [0.1, 0.15) is 5.82 Å². The molecular weight excluding hydrogens is 394 g/mol. The Morgan fingerprint density at radius 3 is 2.77 bits per heavy atom. The topological polar surface area (TPSA) is 64.7 Å². The van der Waals surface area contributed by atoms with Crippen molar-refractivity contribution in [2.24, 2.45) is 7.05 Å². The molecule has 136 valence electrons. The third kappa shape index (κ3) is 4.22. The molecule has 26 heavy (non-hydrogen) atoms. The van der Waals surface area contributed by atoms with Crippen molar-refractivity contribution >= 4 is 27.7 Å². The number of aromatic nitrogens is 4. The van der Waals surface area contributed by atoms with Gasteiger partial charge in [-0.05, 0) is 43.5 Å². The van der Waals surface area contributed by atoms with Crippen molar-refractivity contribution in [2.75, 3.05) is 5.32 Å². The van der Waals surface area contributed by atoms with Gasteiger partial charge in [-0.2, -0.15) is 10.2 Å². The van der Waals surface area contributed by atoms with Crippen molar-refractivity contribution < 1.29 is 4.79 Å². The maximum absolute atomic E-state index is 12.4. The highest BCUT2D eigenvalue weighted by Crippen LogP contribution is 2.17. The lowest BCUT2D eigenvalue weighted by molar-refractivity contribution is -0.116. The molecule has 0 radical (unpaired) electrons. The highest BCUT2D eigenvalue weighted by Gasteiger charge is 2.13. The van der Waals surface area contributed by atoms with Gasteiger partial charge >= 0.3 is 0 Å². The molecule has 1 amide bonds. The molecule has 3 rings (SSSR count). The van der Waals surface area contributed by atoms with Crippen molar-refractivity contribution in [3.05, 3.63) is 63.5 Å². The number of carbonyl (C=O) groups excluding carboxylic acids is 1. The Morgan fingerprint density at radius 2 is 2.08 bits per heavy atom. The Morgan fingerprint density at radius 1 is 1.27 bits per heavy atom. The minimum Gasteiger partial charge on any atom is -0.311 e. The average Bonchev–Trinajstić information content (AvgIpc) is 3.10. The van der Waals surface area contributed by atoms with Gasteiger partial charge in [0.05, 0.1) is 18.4 Å². The smallest absolute Gasteiger partial charge is 0.225 e. The summed E-state index contributed by atoms with van der Waals surface area (Å²) in [7, 11) is 1.92. The van der Waals surface area contributed by atoms with E-state index in [2.05, 4.69) is 31.4 Å². The summed E-state index contributed by atoms with van der Waals surface area (Å²) in [5.74, 6) is 0.679. The van der Waals surface area contributed by atoms with Gasteiger partial charge in [-0.3, -0.25) is 9.48 Å². The number of halogens is 1. The minimum absolute atomic E-state index is 0.0244. The molecule has 0 aliphatic rings. The zero-order valence-corrected chi connectivity index (χ0v) is 16.7. The van der Waals surface area contributed by atoms with Crippen LogP contribution in [0.4, 0.5) is 5.82 Å². The first-order valence-corrected chi connectivity index (χ1v) is 9.28. The van der Waals surface area contributed by atoms with Crippen LogP contribution in [0.1, 0.15) is 28.9 Å². The van der Waals surface area contributed by atoms with Gasteiger partial charge in [-0.25, -0.2) is 4.68 Å². The van der Waals surface area contributed by atoms with Gasteiger partial charge in [0.2, 0.25) is 5.91 Å². The Hall–Kier alpha value is -2.41. The summed E-state index contributed by atoms with van der Waals surface area (Å²) < 4.78 is 4.67. The third-order valence-corrected chi connectivity index (χ3v) is 4.96. The van der Waals surface area contributed by atoms with E-state index in [0.717, 1.165) is 27.0 Å². The maximum atomic E-state index is 12.4. The van der Waals surface area contributed by atoms with Crippen LogP contribution in [0.5, 0.6) is 0 Å². The van der Waals surface area contributed by atoms with Crippen LogP contribution in [-0.4, -0.2) is 25.5 Å². The van der Waals surface area contributed by atoms with Crippen molar-refractivity contribution in [1.82, 2.24) is 19.6 Å². The van der Waals surface area contributed by atoms with E-state index in [1.54, 1.807) is 10.9 Å². The van der Waals surface area contributed by atoms with Gasteiger partial charge in [0.25, 0.3) is 0 Å². The van der Waals surface area contributed by atoms with E-state index in [4.69, 9.17) is 0 Å². The standard InChI is InChI=1S/C19H22BrN5O/c1-13-17(14(2)24(3)23-13)7-8-19(26)22-18-9-10-21-25(18)12-15-5-4-6-16(20)11-15/h4-6,9-11H,7-8,12H2,1-3H3,(H,22,26). The van der Waals surface area contributed by atoms with E-state index in [-0.39, 0.29) is 5.91 Å². The molecule has 0 saturated carbocycles. The van der Waals surface area contributed by atoms with E-state index in [1.807, 2.05) is 55.9 Å². The third-order valence-electron chi connectivity index (χ3n) is 4.47. The number of hydrogen-bond donors (Lipinski definition) is 1. The summed E-state index contributed by atoms with van der Waals surface area (Å²) in [6.45, 7) is 4.61. The maximum Gasteiger partial charge on any atom is 0.225 e. The molecule has 7 heteroatoms. The molecule has 0 unspecified atom stereocenters. The summed E-state index contributed by atoms with van der Waals surface area (Å²) in [6.07, 6.45) is 2.79. The van der Waals surface area contributed by atoms with Gasteiger partial charge in [0, 0.05) is 29.7 Å². The largest absolute Gasteiger partial charge is 0.311 e. The van der Waals surface area contributed by atoms with Crippen LogP contribution >= 0.6 is 15.9 Å². The fourth-order valence-electron chi connectivity index (χ4n) is 3.00. The Bertz CT molecular complexity index is 928. The molecule has 0 aliphatic heterocycles. The summed E-state index contributed by atoms with van der Waals surface area (Å²) in [4.78, 5) is 12.4. The fourth-order valence-corrected chi connectivity index (χ4v) is 3.44. The molecule has 1 N–H and O–H groups in total. The predicted octanol–water partition coefficient (Wildman–Crippen LogP) is 3.62. The number of hydrogen-bond acceptors (Lipinski definition) is 3. The zero-order chi connectivity index (χ0) is 18.7. The first-order chi connectivity index (χ1) is 12.4. The van der Waals surface area contributed by atoms with Crippen LogP contribution in [0.25, 0.3) is 0 Å². The zero-order valence-electron chi connectivity index (χ0n) is 15.2. The number of nitrogens with zero attached hydrogens (tertiary/aromatic N) is 4. The molecule has 2 aromatic heterocycles. The highest BCUT2D eigenvalue weighted by atomic mass is 79.9. The second-order valence-corrected chi connectivity index (χ2v) is 7.24. The van der Waals surface area contributed by atoms with Crippen LogP contribution in [0.3, 0.4) is 0 Å². The Balaban J connectivity index is 1.62. The summed E-state index contributed by atoms with van der Waals surface area (Å²) in [6, 6.07) is 9.86. The number of rotatable bonds is 6. The molecule has 0 aliphatic carbocycles. The van der Waals surface area contributed by atoms with Crippen molar-refractivity contribution in [2.45, 2.75) is 33.2 Å². The van der Waals surface area contributed by atoms with E-state index in [9.17, 15) is 4.79 Å². The molecule has 0 atom stereocenters. The normalized spacial score (nSPS) is 10.9. The van der Waals surface area contributed by atoms with Crippen molar-refractivity contribution in [3.8, 4) is 0 Å². The second kappa shape index (κ2) is 7.86. The Kier molecular flexibility index (Phi) is 5.56. The summed E-state index contributed by atoms with van der Waals surface area (Å²) in [5.41, 5.74) is 4.35. The lowest BCUT2D eigenvalue weighted by Gasteiger charge is -2.10. The van der Waals surface area contributed by atoms with Crippen LogP contribution in [-0.2, 0) is 24.8 Å². The molecular formula is C19H22BrN5O. The number of amides is 1.